The molecule has 0 aliphatic carbocycles. The van der Waals surface area contributed by atoms with Gasteiger partial charge in [-0.05, 0) is 42.5 Å². The van der Waals surface area contributed by atoms with Gasteiger partial charge in [-0.3, -0.25) is 0 Å². The van der Waals surface area contributed by atoms with Gasteiger partial charge in [0.25, 0.3) is 0 Å². The molecule has 0 saturated heterocycles. The summed E-state index contributed by atoms with van der Waals surface area (Å²) >= 11 is 0. The Morgan fingerprint density at radius 3 is 2.60 bits per heavy atom. The van der Waals surface area contributed by atoms with E-state index in [1.165, 1.54) is 4.31 Å². The monoisotopic (exact) mass is 297 g/mol. The van der Waals surface area contributed by atoms with E-state index in [9.17, 15) is 13.5 Å². The van der Waals surface area contributed by atoms with Crippen molar-refractivity contribution < 1.29 is 13.5 Å². The number of allylic oxidation sites excluding steroid dienone is 1. The normalized spacial score (nSPS) is 11.8. The van der Waals surface area contributed by atoms with Gasteiger partial charge in [-0.2, -0.15) is 0 Å². The fraction of sp³-hybridized carbons (Fsp3) is 0.467. The average Bonchev–Trinajstić information content (AvgIpc) is 2.46. The van der Waals surface area contributed by atoms with E-state index >= 15 is 0 Å². The Morgan fingerprint density at radius 1 is 1.35 bits per heavy atom. The first-order valence-corrected chi connectivity index (χ1v) is 8.21. The zero-order chi connectivity index (χ0) is 15.2. The van der Waals surface area contributed by atoms with E-state index in [1.807, 2.05) is 6.92 Å². The first kappa shape index (κ1) is 16.9. The molecule has 112 valence electrons. The number of benzene rings is 1. The maximum absolute atomic E-state index is 12.4. The summed E-state index contributed by atoms with van der Waals surface area (Å²) in [5, 5.41) is 9.33. The number of aliphatic hydroxyl groups excluding tert-OH is 1. The van der Waals surface area contributed by atoms with E-state index in [0.717, 1.165) is 24.8 Å². The summed E-state index contributed by atoms with van der Waals surface area (Å²) in [4.78, 5) is 0.236. The number of hydrogen-bond acceptors (Lipinski definition) is 3. The molecular formula is C15H23NO3S. The lowest BCUT2D eigenvalue weighted by molar-refractivity contribution is 0.280. The van der Waals surface area contributed by atoms with Crippen molar-refractivity contribution >= 4 is 10.0 Å². The van der Waals surface area contributed by atoms with Crippen LogP contribution in [0.15, 0.2) is 35.7 Å². The summed E-state index contributed by atoms with van der Waals surface area (Å²) in [6.45, 7) is 5.91. The molecule has 1 aromatic carbocycles. The standard InChI is InChI=1S/C15H23NO3S/c1-4-6-7-10-16(3)20(18,19)15-9-8-13(5-2)14(11-15)12-17/h4,8-9,11,17H,1,5-7,10,12H2,2-3H3. The summed E-state index contributed by atoms with van der Waals surface area (Å²) in [6, 6.07) is 4.95. The zero-order valence-corrected chi connectivity index (χ0v) is 13.0. The topological polar surface area (TPSA) is 57.6 Å². The van der Waals surface area contributed by atoms with Crippen LogP contribution in [-0.4, -0.2) is 31.4 Å². The summed E-state index contributed by atoms with van der Waals surface area (Å²) in [5.41, 5.74) is 1.65. The van der Waals surface area contributed by atoms with Crippen LogP contribution in [-0.2, 0) is 23.1 Å². The van der Waals surface area contributed by atoms with E-state index < -0.39 is 10.0 Å². The lowest BCUT2D eigenvalue weighted by atomic mass is 10.1. The lowest BCUT2D eigenvalue weighted by Gasteiger charge is -2.18. The first-order chi connectivity index (χ1) is 9.47. The van der Waals surface area contributed by atoms with Crippen LogP contribution in [0.5, 0.6) is 0 Å². The Morgan fingerprint density at radius 2 is 2.05 bits per heavy atom. The van der Waals surface area contributed by atoms with Crippen LogP contribution in [0.2, 0.25) is 0 Å². The van der Waals surface area contributed by atoms with Gasteiger partial charge < -0.3 is 5.11 Å². The van der Waals surface area contributed by atoms with Gasteiger partial charge in [0.05, 0.1) is 11.5 Å². The molecule has 0 atom stereocenters. The molecule has 0 aliphatic rings. The van der Waals surface area contributed by atoms with Crippen molar-refractivity contribution in [1.29, 1.82) is 0 Å². The van der Waals surface area contributed by atoms with E-state index in [2.05, 4.69) is 6.58 Å². The molecule has 0 radical (unpaired) electrons. The number of aliphatic hydroxyl groups is 1. The van der Waals surface area contributed by atoms with Crippen molar-refractivity contribution in [3.8, 4) is 0 Å². The highest BCUT2D eigenvalue weighted by molar-refractivity contribution is 7.89. The quantitative estimate of drug-likeness (QED) is 0.592. The summed E-state index contributed by atoms with van der Waals surface area (Å²) in [6.07, 6.45) is 4.08. The second-order valence-corrected chi connectivity index (χ2v) is 6.74. The second kappa shape index (κ2) is 7.57. The number of hydrogen-bond donors (Lipinski definition) is 1. The van der Waals surface area contributed by atoms with Gasteiger partial charge >= 0.3 is 0 Å². The first-order valence-electron chi connectivity index (χ1n) is 6.77. The fourth-order valence-corrected chi connectivity index (χ4v) is 3.27. The highest BCUT2D eigenvalue weighted by atomic mass is 32.2. The SMILES string of the molecule is C=CCCCN(C)S(=O)(=O)c1ccc(CC)c(CO)c1. The maximum Gasteiger partial charge on any atom is 0.242 e. The van der Waals surface area contributed by atoms with Crippen molar-refractivity contribution in [1.82, 2.24) is 4.31 Å². The average molecular weight is 297 g/mol. The molecule has 0 bridgehead atoms. The molecule has 20 heavy (non-hydrogen) atoms. The van der Waals surface area contributed by atoms with Crippen molar-refractivity contribution in [2.24, 2.45) is 0 Å². The summed E-state index contributed by atoms with van der Waals surface area (Å²) in [7, 11) is -1.91. The van der Waals surface area contributed by atoms with Crippen molar-refractivity contribution in [3.63, 3.8) is 0 Å². The van der Waals surface area contributed by atoms with Gasteiger partial charge in [-0.25, -0.2) is 12.7 Å². The molecule has 1 aromatic rings. The number of aryl methyl sites for hydroxylation is 1. The highest BCUT2D eigenvalue weighted by Crippen LogP contribution is 2.20. The Balaban J connectivity index is 3.00. The smallest absolute Gasteiger partial charge is 0.242 e. The third-order valence-electron chi connectivity index (χ3n) is 3.32. The predicted octanol–water partition coefficient (Wildman–Crippen LogP) is 2.33. The molecule has 0 unspecified atom stereocenters. The van der Waals surface area contributed by atoms with Crippen molar-refractivity contribution in [2.75, 3.05) is 13.6 Å². The summed E-state index contributed by atoms with van der Waals surface area (Å²) in [5.74, 6) is 0. The van der Waals surface area contributed by atoms with Crippen LogP contribution in [0, 0.1) is 0 Å². The Labute approximate surface area is 121 Å². The van der Waals surface area contributed by atoms with Crippen molar-refractivity contribution in [3.05, 3.63) is 42.0 Å². The van der Waals surface area contributed by atoms with Gasteiger partial charge in [0.15, 0.2) is 0 Å². The molecule has 0 aromatic heterocycles. The maximum atomic E-state index is 12.4. The molecule has 4 nitrogen and oxygen atoms in total. The molecule has 1 N–H and O–H groups in total. The van der Waals surface area contributed by atoms with Crippen LogP contribution >= 0.6 is 0 Å². The largest absolute Gasteiger partial charge is 0.392 e. The van der Waals surface area contributed by atoms with Crippen LogP contribution in [0.3, 0.4) is 0 Å². The van der Waals surface area contributed by atoms with E-state index in [1.54, 1.807) is 31.3 Å². The van der Waals surface area contributed by atoms with Gasteiger partial charge in [0, 0.05) is 13.6 Å². The molecule has 1 rings (SSSR count). The van der Waals surface area contributed by atoms with E-state index in [4.69, 9.17) is 0 Å². The van der Waals surface area contributed by atoms with Gasteiger partial charge in [0.2, 0.25) is 10.0 Å². The fourth-order valence-electron chi connectivity index (χ4n) is 2.01. The third-order valence-corrected chi connectivity index (χ3v) is 5.17. The third kappa shape index (κ3) is 3.91. The molecule has 5 heteroatoms. The minimum Gasteiger partial charge on any atom is -0.392 e. The number of sulfonamides is 1. The van der Waals surface area contributed by atoms with E-state index in [-0.39, 0.29) is 11.5 Å². The van der Waals surface area contributed by atoms with Gasteiger partial charge in [0.1, 0.15) is 0 Å². The molecule has 0 amide bonds. The number of rotatable bonds is 8. The molecule has 0 saturated carbocycles. The number of nitrogens with zero attached hydrogens (tertiary/aromatic N) is 1. The predicted molar refractivity (Wildman–Crippen MR) is 81.0 cm³/mol. The molecule has 0 fully saturated rings. The zero-order valence-electron chi connectivity index (χ0n) is 12.2. The van der Waals surface area contributed by atoms with Gasteiger partial charge in [-0.1, -0.05) is 19.1 Å². The minimum absolute atomic E-state index is 0.146. The molecule has 0 aliphatic heterocycles. The number of unbranched alkanes of at least 4 members (excludes halogenated alkanes) is 1. The minimum atomic E-state index is -3.49. The second-order valence-electron chi connectivity index (χ2n) is 4.70. The molecule has 0 heterocycles. The van der Waals surface area contributed by atoms with Gasteiger partial charge in [-0.15, -0.1) is 6.58 Å². The summed E-state index contributed by atoms with van der Waals surface area (Å²) < 4.78 is 26.2. The molecule has 0 spiro atoms. The Kier molecular flexibility index (Phi) is 6.39. The highest BCUT2D eigenvalue weighted by Gasteiger charge is 2.21. The van der Waals surface area contributed by atoms with E-state index in [0.29, 0.717) is 12.1 Å². The van der Waals surface area contributed by atoms with Crippen LogP contribution < -0.4 is 0 Å². The van der Waals surface area contributed by atoms with Crippen LogP contribution in [0.4, 0.5) is 0 Å². The van der Waals surface area contributed by atoms with Crippen LogP contribution in [0.25, 0.3) is 0 Å². The molecular weight excluding hydrogens is 274 g/mol. The van der Waals surface area contributed by atoms with Crippen LogP contribution in [0.1, 0.15) is 30.9 Å². The van der Waals surface area contributed by atoms with Crippen molar-refractivity contribution in [2.45, 2.75) is 37.7 Å². The Hall–Kier alpha value is -1.17. The Bertz CT molecular complexity index is 552. The lowest BCUT2D eigenvalue weighted by Crippen LogP contribution is -2.28.